The molecule has 0 amide bonds. The molecule has 0 radical (unpaired) electrons. The molecule has 0 aliphatic carbocycles. The Balaban J connectivity index is 2.00. The predicted octanol–water partition coefficient (Wildman–Crippen LogP) is 3.92. The summed E-state index contributed by atoms with van der Waals surface area (Å²) in [7, 11) is 0. The summed E-state index contributed by atoms with van der Waals surface area (Å²) < 4.78 is 3.28. The number of rotatable bonds is 3. The quantitative estimate of drug-likeness (QED) is 0.783. The highest BCUT2D eigenvalue weighted by molar-refractivity contribution is 9.10. The van der Waals surface area contributed by atoms with Gasteiger partial charge in [-0.25, -0.2) is 4.98 Å². The average Bonchev–Trinajstić information content (AvgIpc) is 2.84. The molecule has 1 heterocycles. The fourth-order valence-electron chi connectivity index (χ4n) is 2.47. The summed E-state index contributed by atoms with van der Waals surface area (Å²) in [6, 6.07) is 10.6. The van der Waals surface area contributed by atoms with Crippen molar-refractivity contribution in [2.24, 2.45) is 5.73 Å². The van der Waals surface area contributed by atoms with Crippen LogP contribution in [0.3, 0.4) is 0 Å². The summed E-state index contributed by atoms with van der Waals surface area (Å²) in [5.41, 5.74) is 12.8. The second-order valence-corrected chi connectivity index (χ2v) is 6.28. The molecule has 2 N–H and O–H groups in total. The molecule has 3 aromatic rings. The summed E-state index contributed by atoms with van der Waals surface area (Å²) >= 11 is 3.63. The molecular formula is C17H18BrN3. The first-order valence-corrected chi connectivity index (χ1v) is 7.77. The number of halogens is 1. The molecule has 4 heteroatoms. The van der Waals surface area contributed by atoms with Crippen LogP contribution in [0.15, 0.2) is 41.1 Å². The summed E-state index contributed by atoms with van der Waals surface area (Å²) in [6.45, 7) is 5.61. The number of aromatic nitrogens is 2. The van der Waals surface area contributed by atoms with Crippen molar-refractivity contribution in [3.63, 3.8) is 0 Å². The highest BCUT2D eigenvalue weighted by Crippen LogP contribution is 2.23. The van der Waals surface area contributed by atoms with Crippen molar-refractivity contribution in [2.45, 2.75) is 26.9 Å². The van der Waals surface area contributed by atoms with Crippen LogP contribution in [-0.4, -0.2) is 9.55 Å². The van der Waals surface area contributed by atoms with Crippen molar-refractivity contribution in [1.82, 2.24) is 9.55 Å². The first-order valence-electron chi connectivity index (χ1n) is 6.98. The van der Waals surface area contributed by atoms with Crippen molar-refractivity contribution in [3.05, 3.63) is 63.4 Å². The van der Waals surface area contributed by atoms with Crippen molar-refractivity contribution >= 4 is 27.0 Å². The summed E-state index contributed by atoms with van der Waals surface area (Å²) in [6.07, 6.45) is 1.91. The van der Waals surface area contributed by atoms with Crippen molar-refractivity contribution in [3.8, 4) is 0 Å². The standard InChI is InChI=1S/C17H18BrN3/c1-11-5-16-17(6-12(11)2)21(10-20-16)9-14-4-3-13(8-19)7-15(14)18/h3-7,10H,8-9,19H2,1-2H3. The van der Waals surface area contributed by atoms with Gasteiger partial charge < -0.3 is 10.3 Å². The zero-order valence-corrected chi connectivity index (χ0v) is 13.8. The van der Waals surface area contributed by atoms with Crippen LogP contribution in [-0.2, 0) is 13.1 Å². The molecule has 0 bridgehead atoms. The lowest BCUT2D eigenvalue weighted by Crippen LogP contribution is -2.01. The monoisotopic (exact) mass is 343 g/mol. The van der Waals surface area contributed by atoms with Gasteiger partial charge in [0.1, 0.15) is 0 Å². The van der Waals surface area contributed by atoms with Gasteiger partial charge in [0.2, 0.25) is 0 Å². The Labute approximate surface area is 132 Å². The number of aryl methyl sites for hydroxylation is 2. The third-order valence-electron chi connectivity index (χ3n) is 3.93. The predicted molar refractivity (Wildman–Crippen MR) is 90.3 cm³/mol. The van der Waals surface area contributed by atoms with Gasteiger partial charge in [0.15, 0.2) is 0 Å². The highest BCUT2D eigenvalue weighted by atomic mass is 79.9. The SMILES string of the molecule is Cc1cc2ncn(Cc3ccc(CN)cc3Br)c2cc1C. The normalized spacial score (nSPS) is 11.2. The lowest BCUT2D eigenvalue weighted by Gasteiger charge is -2.09. The van der Waals surface area contributed by atoms with E-state index in [0.29, 0.717) is 6.54 Å². The number of benzene rings is 2. The van der Waals surface area contributed by atoms with Gasteiger partial charge >= 0.3 is 0 Å². The van der Waals surface area contributed by atoms with Crippen molar-refractivity contribution in [1.29, 1.82) is 0 Å². The lowest BCUT2D eigenvalue weighted by atomic mass is 10.1. The fourth-order valence-corrected chi connectivity index (χ4v) is 3.02. The molecule has 0 atom stereocenters. The van der Waals surface area contributed by atoms with Gasteiger partial charge in [0.05, 0.1) is 23.9 Å². The number of hydrogen-bond acceptors (Lipinski definition) is 2. The molecule has 1 aromatic heterocycles. The zero-order valence-electron chi connectivity index (χ0n) is 12.2. The molecule has 0 saturated carbocycles. The van der Waals surface area contributed by atoms with E-state index in [1.807, 2.05) is 6.33 Å². The Morgan fingerprint density at radius 1 is 1.14 bits per heavy atom. The van der Waals surface area contributed by atoms with E-state index in [1.165, 1.54) is 22.2 Å². The van der Waals surface area contributed by atoms with E-state index >= 15 is 0 Å². The second-order valence-electron chi connectivity index (χ2n) is 5.43. The Morgan fingerprint density at radius 2 is 1.90 bits per heavy atom. The topological polar surface area (TPSA) is 43.8 Å². The second kappa shape index (κ2) is 5.62. The molecule has 0 spiro atoms. The minimum Gasteiger partial charge on any atom is -0.326 e. The number of hydrogen-bond donors (Lipinski definition) is 1. The lowest BCUT2D eigenvalue weighted by molar-refractivity contribution is 0.819. The Morgan fingerprint density at radius 3 is 2.62 bits per heavy atom. The van der Waals surface area contributed by atoms with Crippen LogP contribution in [0.4, 0.5) is 0 Å². The Bertz CT molecular complexity index is 805. The van der Waals surface area contributed by atoms with Gasteiger partial charge in [-0.3, -0.25) is 0 Å². The number of nitrogens with zero attached hydrogens (tertiary/aromatic N) is 2. The molecule has 2 aromatic carbocycles. The third kappa shape index (κ3) is 2.74. The molecule has 0 aliphatic rings. The highest BCUT2D eigenvalue weighted by Gasteiger charge is 2.07. The van der Waals surface area contributed by atoms with Gasteiger partial charge in [-0.15, -0.1) is 0 Å². The van der Waals surface area contributed by atoms with E-state index in [9.17, 15) is 0 Å². The molecule has 0 unspecified atom stereocenters. The molecular weight excluding hydrogens is 326 g/mol. The van der Waals surface area contributed by atoms with Crippen LogP contribution in [0.5, 0.6) is 0 Å². The minimum atomic E-state index is 0.561. The van der Waals surface area contributed by atoms with E-state index in [-0.39, 0.29) is 0 Å². The van der Waals surface area contributed by atoms with E-state index in [2.05, 4.69) is 69.7 Å². The third-order valence-corrected chi connectivity index (χ3v) is 4.67. The van der Waals surface area contributed by atoms with Crippen LogP contribution in [0, 0.1) is 13.8 Å². The van der Waals surface area contributed by atoms with Gasteiger partial charge in [-0.05, 0) is 54.3 Å². The van der Waals surface area contributed by atoms with E-state index in [4.69, 9.17) is 5.73 Å². The minimum absolute atomic E-state index is 0.561. The maximum atomic E-state index is 5.67. The van der Waals surface area contributed by atoms with Crippen molar-refractivity contribution < 1.29 is 0 Å². The van der Waals surface area contributed by atoms with Crippen LogP contribution >= 0.6 is 15.9 Å². The first kappa shape index (κ1) is 14.3. The average molecular weight is 344 g/mol. The Hall–Kier alpha value is -1.65. The first-order chi connectivity index (χ1) is 10.1. The van der Waals surface area contributed by atoms with Crippen LogP contribution in [0.2, 0.25) is 0 Å². The summed E-state index contributed by atoms with van der Waals surface area (Å²) in [5, 5.41) is 0. The number of fused-ring (bicyclic) bond motifs is 1. The fraction of sp³-hybridized carbons (Fsp3) is 0.235. The Kier molecular flexibility index (Phi) is 3.83. The smallest absolute Gasteiger partial charge is 0.0961 e. The van der Waals surface area contributed by atoms with Crippen LogP contribution in [0.1, 0.15) is 22.3 Å². The van der Waals surface area contributed by atoms with E-state index < -0.39 is 0 Å². The molecule has 3 nitrogen and oxygen atoms in total. The number of nitrogens with two attached hydrogens (primary N) is 1. The molecule has 3 rings (SSSR count). The molecule has 108 valence electrons. The van der Waals surface area contributed by atoms with Gasteiger partial charge in [0.25, 0.3) is 0 Å². The largest absolute Gasteiger partial charge is 0.326 e. The maximum absolute atomic E-state index is 5.67. The van der Waals surface area contributed by atoms with E-state index in [1.54, 1.807) is 0 Å². The van der Waals surface area contributed by atoms with Gasteiger partial charge in [-0.2, -0.15) is 0 Å². The van der Waals surface area contributed by atoms with Crippen LogP contribution < -0.4 is 5.73 Å². The van der Waals surface area contributed by atoms with Gasteiger partial charge in [0, 0.05) is 11.0 Å². The van der Waals surface area contributed by atoms with Crippen molar-refractivity contribution in [2.75, 3.05) is 0 Å². The number of imidazole rings is 1. The molecule has 0 saturated heterocycles. The van der Waals surface area contributed by atoms with Gasteiger partial charge in [-0.1, -0.05) is 28.1 Å². The van der Waals surface area contributed by atoms with E-state index in [0.717, 1.165) is 22.1 Å². The zero-order chi connectivity index (χ0) is 15.0. The summed E-state index contributed by atoms with van der Waals surface area (Å²) in [5.74, 6) is 0. The molecule has 21 heavy (non-hydrogen) atoms. The molecule has 0 aliphatic heterocycles. The van der Waals surface area contributed by atoms with Crippen LogP contribution in [0.25, 0.3) is 11.0 Å². The molecule has 0 fully saturated rings. The summed E-state index contributed by atoms with van der Waals surface area (Å²) in [4.78, 5) is 4.51. The maximum Gasteiger partial charge on any atom is 0.0961 e.